The number of ether oxygens (including phenoxy) is 2. The molecule has 0 radical (unpaired) electrons. The Morgan fingerprint density at radius 1 is 1.37 bits per heavy atom. The van der Waals surface area contributed by atoms with Gasteiger partial charge in [-0.15, -0.1) is 0 Å². The highest BCUT2D eigenvalue weighted by Gasteiger charge is 2.14. The van der Waals surface area contributed by atoms with Gasteiger partial charge >= 0.3 is 11.9 Å². The molecule has 1 rings (SSSR count). The summed E-state index contributed by atoms with van der Waals surface area (Å²) in [6, 6.07) is 5.01. The summed E-state index contributed by atoms with van der Waals surface area (Å²) in [5.74, 6) is -0.650. The molecule has 0 fully saturated rings. The molecule has 19 heavy (non-hydrogen) atoms. The van der Waals surface area contributed by atoms with Gasteiger partial charge in [0, 0.05) is 18.9 Å². The van der Waals surface area contributed by atoms with Crippen molar-refractivity contribution in [3.63, 3.8) is 0 Å². The lowest BCUT2D eigenvalue weighted by molar-refractivity contribution is -0.138. The second-order valence-electron chi connectivity index (χ2n) is 3.82. The molecule has 0 saturated heterocycles. The van der Waals surface area contributed by atoms with Gasteiger partial charge in [-0.1, -0.05) is 30.3 Å². The van der Waals surface area contributed by atoms with Crippen molar-refractivity contribution in [2.75, 3.05) is 6.61 Å². The Labute approximate surface area is 117 Å². The van der Waals surface area contributed by atoms with Gasteiger partial charge in [0.1, 0.15) is 5.75 Å². The molecular weight excluding hydrogens is 268 g/mol. The SMILES string of the molecule is C=C(Cc1cccc(OC(C)=O)c1Cl)C(=O)OCC. The maximum atomic E-state index is 11.5. The maximum absolute atomic E-state index is 11.5. The number of benzene rings is 1. The van der Waals surface area contributed by atoms with E-state index in [-0.39, 0.29) is 12.2 Å². The second-order valence-corrected chi connectivity index (χ2v) is 4.20. The van der Waals surface area contributed by atoms with Crippen molar-refractivity contribution >= 4 is 23.5 Å². The van der Waals surface area contributed by atoms with E-state index in [9.17, 15) is 9.59 Å². The van der Waals surface area contributed by atoms with E-state index in [0.717, 1.165) is 0 Å². The lowest BCUT2D eigenvalue weighted by atomic mass is 10.1. The van der Waals surface area contributed by atoms with Crippen LogP contribution >= 0.6 is 11.6 Å². The van der Waals surface area contributed by atoms with Crippen molar-refractivity contribution in [2.45, 2.75) is 20.3 Å². The third-order valence-corrected chi connectivity index (χ3v) is 2.69. The lowest BCUT2D eigenvalue weighted by Gasteiger charge is -2.10. The van der Waals surface area contributed by atoms with Crippen molar-refractivity contribution in [1.82, 2.24) is 0 Å². The summed E-state index contributed by atoms with van der Waals surface area (Å²) < 4.78 is 9.80. The average molecular weight is 283 g/mol. The zero-order valence-electron chi connectivity index (χ0n) is 10.9. The van der Waals surface area contributed by atoms with Crippen LogP contribution in [-0.4, -0.2) is 18.5 Å². The fourth-order valence-corrected chi connectivity index (χ4v) is 1.69. The molecule has 0 aromatic heterocycles. The highest BCUT2D eigenvalue weighted by molar-refractivity contribution is 6.33. The van der Waals surface area contributed by atoms with Crippen LogP contribution < -0.4 is 4.74 Å². The van der Waals surface area contributed by atoms with Crippen LogP contribution in [0.25, 0.3) is 0 Å². The van der Waals surface area contributed by atoms with E-state index >= 15 is 0 Å². The summed E-state index contributed by atoms with van der Waals surface area (Å²) >= 11 is 6.11. The molecule has 5 heteroatoms. The first-order valence-electron chi connectivity index (χ1n) is 5.76. The fraction of sp³-hybridized carbons (Fsp3) is 0.286. The Kier molecular flexibility index (Phi) is 5.57. The highest BCUT2D eigenvalue weighted by Crippen LogP contribution is 2.29. The summed E-state index contributed by atoms with van der Waals surface area (Å²) in [7, 11) is 0. The van der Waals surface area contributed by atoms with Gasteiger partial charge in [-0.2, -0.15) is 0 Å². The van der Waals surface area contributed by atoms with Gasteiger partial charge in [0.25, 0.3) is 0 Å². The van der Waals surface area contributed by atoms with Crippen LogP contribution in [0, 0.1) is 0 Å². The number of esters is 2. The van der Waals surface area contributed by atoms with Crippen LogP contribution in [0.1, 0.15) is 19.4 Å². The number of rotatable bonds is 5. The summed E-state index contributed by atoms with van der Waals surface area (Å²) in [6.07, 6.45) is 0.243. The number of hydrogen-bond donors (Lipinski definition) is 0. The molecule has 0 aliphatic heterocycles. The van der Waals surface area contributed by atoms with Crippen LogP contribution in [0.5, 0.6) is 5.75 Å². The van der Waals surface area contributed by atoms with Crippen LogP contribution in [0.2, 0.25) is 5.02 Å². The minimum atomic E-state index is -0.462. The number of carbonyl (C=O) groups excluding carboxylic acids is 2. The van der Waals surface area contributed by atoms with Crippen LogP contribution in [0.15, 0.2) is 30.4 Å². The summed E-state index contributed by atoms with van der Waals surface area (Å²) in [6.45, 7) is 6.96. The molecule has 0 aliphatic rings. The van der Waals surface area contributed by atoms with Gasteiger partial charge in [0.05, 0.1) is 11.6 Å². The van der Waals surface area contributed by atoms with Crippen molar-refractivity contribution in [3.05, 3.63) is 40.9 Å². The molecule has 0 amide bonds. The number of hydrogen-bond acceptors (Lipinski definition) is 4. The van der Waals surface area contributed by atoms with Gasteiger partial charge in [-0.05, 0) is 18.6 Å². The van der Waals surface area contributed by atoms with Crippen molar-refractivity contribution in [2.24, 2.45) is 0 Å². The van der Waals surface area contributed by atoms with Gasteiger partial charge in [-0.25, -0.2) is 4.79 Å². The first-order valence-corrected chi connectivity index (χ1v) is 6.14. The summed E-state index contributed by atoms with van der Waals surface area (Å²) in [4.78, 5) is 22.4. The van der Waals surface area contributed by atoms with Crippen molar-refractivity contribution in [3.8, 4) is 5.75 Å². The molecular formula is C14H15ClO4. The molecule has 0 unspecified atom stereocenters. The molecule has 0 bridgehead atoms. The van der Waals surface area contributed by atoms with Crippen molar-refractivity contribution < 1.29 is 19.1 Å². The Morgan fingerprint density at radius 2 is 2.05 bits per heavy atom. The Morgan fingerprint density at radius 3 is 2.63 bits per heavy atom. The van der Waals surface area contributed by atoms with Crippen LogP contribution in [0.4, 0.5) is 0 Å². The average Bonchev–Trinajstić information content (AvgIpc) is 2.34. The molecule has 1 aromatic rings. The van der Waals surface area contributed by atoms with Gasteiger partial charge in [0.2, 0.25) is 0 Å². The molecule has 0 saturated carbocycles. The molecule has 4 nitrogen and oxygen atoms in total. The minimum absolute atomic E-state index is 0.243. The Balaban J connectivity index is 2.87. The Hall–Kier alpha value is -1.81. The fourth-order valence-electron chi connectivity index (χ4n) is 1.46. The second kappa shape index (κ2) is 6.95. The van der Waals surface area contributed by atoms with E-state index in [2.05, 4.69) is 6.58 Å². The minimum Gasteiger partial charge on any atom is -0.463 e. The molecule has 0 atom stereocenters. The normalized spacial score (nSPS) is 9.84. The van der Waals surface area contributed by atoms with Gasteiger partial charge in [-0.3, -0.25) is 4.79 Å². The van der Waals surface area contributed by atoms with Crippen LogP contribution in [0.3, 0.4) is 0 Å². The standard InChI is InChI=1S/C14H15ClO4/c1-4-18-14(17)9(2)8-11-6-5-7-12(13(11)15)19-10(3)16/h5-7H,2,4,8H2,1,3H3. The van der Waals surface area contributed by atoms with E-state index < -0.39 is 11.9 Å². The largest absolute Gasteiger partial charge is 0.463 e. The highest BCUT2D eigenvalue weighted by atomic mass is 35.5. The topological polar surface area (TPSA) is 52.6 Å². The van der Waals surface area contributed by atoms with E-state index in [1.165, 1.54) is 6.92 Å². The third kappa shape index (κ3) is 4.41. The Bertz CT molecular complexity index is 508. The van der Waals surface area contributed by atoms with Gasteiger partial charge in [0.15, 0.2) is 0 Å². The number of halogens is 1. The predicted molar refractivity (Wildman–Crippen MR) is 72.2 cm³/mol. The monoisotopic (exact) mass is 282 g/mol. The van der Waals surface area contributed by atoms with E-state index in [1.807, 2.05) is 0 Å². The molecule has 102 valence electrons. The quantitative estimate of drug-likeness (QED) is 0.473. The zero-order valence-corrected chi connectivity index (χ0v) is 11.6. The van der Waals surface area contributed by atoms with E-state index in [0.29, 0.717) is 22.8 Å². The van der Waals surface area contributed by atoms with E-state index in [4.69, 9.17) is 21.1 Å². The number of carbonyl (C=O) groups is 2. The van der Waals surface area contributed by atoms with Crippen LogP contribution in [-0.2, 0) is 20.7 Å². The summed E-state index contributed by atoms with van der Waals surface area (Å²) in [5.41, 5.74) is 0.946. The smallest absolute Gasteiger partial charge is 0.333 e. The molecule has 0 N–H and O–H groups in total. The third-order valence-electron chi connectivity index (χ3n) is 2.26. The zero-order chi connectivity index (χ0) is 14.4. The molecule has 1 aromatic carbocycles. The first kappa shape index (κ1) is 15.2. The van der Waals surface area contributed by atoms with Crippen molar-refractivity contribution in [1.29, 1.82) is 0 Å². The molecule has 0 aliphatic carbocycles. The predicted octanol–water partition coefficient (Wildman–Crippen LogP) is 2.93. The maximum Gasteiger partial charge on any atom is 0.333 e. The van der Waals surface area contributed by atoms with Gasteiger partial charge < -0.3 is 9.47 Å². The molecule has 0 heterocycles. The van der Waals surface area contributed by atoms with E-state index in [1.54, 1.807) is 25.1 Å². The summed E-state index contributed by atoms with van der Waals surface area (Å²) in [5, 5.41) is 0.295. The first-order chi connectivity index (χ1) is 8.95. The lowest BCUT2D eigenvalue weighted by Crippen LogP contribution is -2.09. The molecule has 0 spiro atoms.